The summed E-state index contributed by atoms with van der Waals surface area (Å²) in [5.41, 5.74) is 2.08. The Morgan fingerprint density at radius 2 is 2.33 bits per heavy atom. The summed E-state index contributed by atoms with van der Waals surface area (Å²) in [6, 6.07) is 5.92. The van der Waals surface area contributed by atoms with Crippen molar-refractivity contribution in [1.82, 2.24) is 14.8 Å². The van der Waals surface area contributed by atoms with E-state index in [9.17, 15) is 0 Å². The summed E-state index contributed by atoms with van der Waals surface area (Å²) in [6.07, 6.45) is 5.52. The van der Waals surface area contributed by atoms with Gasteiger partial charge in [-0.05, 0) is 17.7 Å². The molecule has 4 nitrogen and oxygen atoms in total. The zero-order chi connectivity index (χ0) is 10.5. The Morgan fingerprint density at radius 1 is 1.40 bits per heavy atom. The van der Waals surface area contributed by atoms with Gasteiger partial charge in [-0.25, -0.2) is 0 Å². The topological polar surface area (TPSA) is 39.9 Å². The van der Waals surface area contributed by atoms with Crippen molar-refractivity contribution in [3.05, 3.63) is 48.0 Å². The van der Waals surface area contributed by atoms with Crippen LogP contribution in [0.3, 0.4) is 0 Å². The van der Waals surface area contributed by atoms with E-state index in [1.807, 2.05) is 35.3 Å². The van der Waals surface area contributed by atoms with E-state index in [-0.39, 0.29) is 0 Å². The fraction of sp³-hybridized carbons (Fsp3) is 0.273. The number of hydrogen-bond acceptors (Lipinski definition) is 3. The van der Waals surface area contributed by atoms with Gasteiger partial charge in [0.2, 0.25) is 0 Å². The van der Waals surface area contributed by atoms with Crippen LogP contribution < -0.4 is 0 Å². The summed E-state index contributed by atoms with van der Waals surface area (Å²) in [5, 5.41) is 4.12. The first-order valence-electron chi connectivity index (χ1n) is 4.78. The Bertz CT molecular complexity index is 394. The molecule has 2 aromatic heterocycles. The number of rotatable bonds is 4. The van der Waals surface area contributed by atoms with Crippen LogP contribution in [0.5, 0.6) is 0 Å². The van der Waals surface area contributed by atoms with Gasteiger partial charge in [-0.1, -0.05) is 6.07 Å². The molecule has 0 bridgehead atoms. The summed E-state index contributed by atoms with van der Waals surface area (Å²) in [6.45, 7) is 1.31. The average molecular weight is 203 g/mol. The summed E-state index contributed by atoms with van der Waals surface area (Å²) >= 11 is 0. The van der Waals surface area contributed by atoms with E-state index in [0.717, 1.165) is 11.3 Å². The van der Waals surface area contributed by atoms with E-state index in [0.29, 0.717) is 13.2 Å². The summed E-state index contributed by atoms with van der Waals surface area (Å²) < 4.78 is 6.86. The maximum absolute atomic E-state index is 5.02. The molecule has 0 aliphatic heterocycles. The minimum Gasteiger partial charge on any atom is -0.380 e. The van der Waals surface area contributed by atoms with Gasteiger partial charge in [0.15, 0.2) is 0 Å². The predicted molar refractivity (Wildman–Crippen MR) is 56.3 cm³/mol. The number of pyridine rings is 1. The molecule has 0 amide bonds. The number of nitrogens with zero attached hydrogens (tertiary/aromatic N) is 3. The van der Waals surface area contributed by atoms with Crippen LogP contribution in [-0.2, 0) is 17.9 Å². The maximum atomic E-state index is 5.02. The highest BCUT2D eigenvalue weighted by Crippen LogP contribution is 2.03. The Balaban J connectivity index is 2.04. The second-order valence-electron chi connectivity index (χ2n) is 3.29. The molecule has 0 saturated heterocycles. The lowest BCUT2D eigenvalue weighted by Crippen LogP contribution is -2.02. The Kier molecular flexibility index (Phi) is 3.09. The van der Waals surface area contributed by atoms with Gasteiger partial charge in [0.05, 0.1) is 18.8 Å². The number of ether oxygens (including phenoxy) is 1. The van der Waals surface area contributed by atoms with Gasteiger partial charge in [-0.15, -0.1) is 0 Å². The minimum absolute atomic E-state index is 0.606. The van der Waals surface area contributed by atoms with Crippen molar-refractivity contribution in [3.63, 3.8) is 0 Å². The largest absolute Gasteiger partial charge is 0.380 e. The van der Waals surface area contributed by atoms with E-state index in [1.54, 1.807) is 13.3 Å². The van der Waals surface area contributed by atoms with Crippen molar-refractivity contribution in [3.8, 4) is 0 Å². The second kappa shape index (κ2) is 4.70. The smallest absolute Gasteiger partial charge is 0.0831 e. The third-order valence-corrected chi connectivity index (χ3v) is 2.08. The van der Waals surface area contributed by atoms with Crippen LogP contribution in [0.2, 0.25) is 0 Å². The molecule has 15 heavy (non-hydrogen) atoms. The van der Waals surface area contributed by atoms with E-state index < -0.39 is 0 Å². The molecule has 0 radical (unpaired) electrons. The standard InChI is InChI=1S/C11H13N3O/c1-15-9-10-3-4-11(12-7-10)8-14-6-2-5-13-14/h2-7H,8-9H2,1H3. The van der Waals surface area contributed by atoms with E-state index in [2.05, 4.69) is 10.1 Å². The van der Waals surface area contributed by atoms with Crippen molar-refractivity contribution in [2.45, 2.75) is 13.2 Å². The molecule has 4 heteroatoms. The van der Waals surface area contributed by atoms with Crippen molar-refractivity contribution in [2.75, 3.05) is 7.11 Å². The molecule has 0 N–H and O–H groups in total. The molecule has 0 spiro atoms. The van der Waals surface area contributed by atoms with Crippen LogP contribution in [0.15, 0.2) is 36.8 Å². The highest BCUT2D eigenvalue weighted by Gasteiger charge is 1.97. The fourth-order valence-electron chi connectivity index (χ4n) is 1.36. The molecule has 78 valence electrons. The van der Waals surface area contributed by atoms with Crippen molar-refractivity contribution in [1.29, 1.82) is 0 Å². The van der Waals surface area contributed by atoms with Gasteiger partial charge in [0.1, 0.15) is 0 Å². The lowest BCUT2D eigenvalue weighted by atomic mass is 10.2. The molecule has 0 fully saturated rings. The quantitative estimate of drug-likeness (QED) is 0.755. The summed E-state index contributed by atoms with van der Waals surface area (Å²) in [5.74, 6) is 0. The number of methoxy groups -OCH3 is 1. The van der Waals surface area contributed by atoms with Crippen LogP contribution in [0.4, 0.5) is 0 Å². The van der Waals surface area contributed by atoms with Gasteiger partial charge in [0.25, 0.3) is 0 Å². The van der Waals surface area contributed by atoms with Crippen LogP contribution in [-0.4, -0.2) is 21.9 Å². The molecule has 2 rings (SSSR count). The van der Waals surface area contributed by atoms with Gasteiger partial charge < -0.3 is 4.74 Å². The van der Waals surface area contributed by atoms with Gasteiger partial charge in [-0.2, -0.15) is 5.10 Å². The van der Waals surface area contributed by atoms with Gasteiger partial charge in [0, 0.05) is 25.7 Å². The van der Waals surface area contributed by atoms with Crippen molar-refractivity contribution >= 4 is 0 Å². The molecule has 0 aliphatic rings. The molecule has 0 aromatic carbocycles. The first-order chi connectivity index (χ1) is 7.38. The first-order valence-corrected chi connectivity index (χ1v) is 4.78. The lowest BCUT2D eigenvalue weighted by Gasteiger charge is -2.02. The van der Waals surface area contributed by atoms with E-state index >= 15 is 0 Å². The third-order valence-electron chi connectivity index (χ3n) is 2.08. The zero-order valence-electron chi connectivity index (χ0n) is 8.63. The maximum Gasteiger partial charge on any atom is 0.0831 e. The highest BCUT2D eigenvalue weighted by atomic mass is 16.5. The molecule has 0 unspecified atom stereocenters. The normalized spacial score (nSPS) is 10.5. The molecular formula is C11H13N3O. The first kappa shape index (κ1) is 9.86. The Labute approximate surface area is 88.5 Å². The highest BCUT2D eigenvalue weighted by molar-refractivity contribution is 5.13. The number of aromatic nitrogens is 3. The molecule has 0 saturated carbocycles. The van der Waals surface area contributed by atoms with Crippen LogP contribution >= 0.6 is 0 Å². The summed E-state index contributed by atoms with van der Waals surface area (Å²) in [4.78, 5) is 4.33. The molecule has 2 heterocycles. The van der Waals surface area contributed by atoms with Gasteiger partial charge >= 0.3 is 0 Å². The van der Waals surface area contributed by atoms with Crippen LogP contribution in [0.25, 0.3) is 0 Å². The Hall–Kier alpha value is -1.68. The van der Waals surface area contributed by atoms with Crippen molar-refractivity contribution < 1.29 is 4.74 Å². The fourth-order valence-corrected chi connectivity index (χ4v) is 1.36. The van der Waals surface area contributed by atoms with Gasteiger partial charge in [-0.3, -0.25) is 9.67 Å². The molecular weight excluding hydrogens is 190 g/mol. The monoisotopic (exact) mass is 203 g/mol. The third kappa shape index (κ3) is 2.63. The number of hydrogen-bond donors (Lipinski definition) is 0. The van der Waals surface area contributed by atoms with E-state index in [4.69, 9.17) is 4.74 Å². The van der Waals surface area contributed by atoms with Crippen LogP contribution in [0.1, 0.15) is 11.3 Å². The van der Waals surface area contributed by atoms with E-state index in [1.165, 1.54) is 0 Å². The summed E-state index contributed by atoms with van der Waals surface area (Å²) in [7, 11) is 1.68. The SMILES string of the molecule is COCc1ccc(Cn2cccn2)nc1. The molecule has 2 aromatic rings. The van der Waals surface area contributed by atoms with Crippen LogP contribution in [0, 0.1) is 0 Å². The molecule has 0 atom stereocenters. The molecule has 0 aliphatic carbocycles. The zero-order valence-corrected chi connectivity index (χ0v) is 8.63. The second-order valence-corrected chi connectivity index (χ2v) is 3.29. The lowest BCUT2D eigenvalue weighted by molar-refractivity contribution is 0.184. The average Bonchev–Trinajstić information content (AvgIpc) is 2.74. The predicted octanol–water partition coefficient (Wildman–Crippen LogP) is 1.47. The van der Waals surface area contributed by atoms with Crippen molar-refractivity contribution in [2.24, 2.45) is 0 Å². The minimum atomic E-state index is 0.606. The Morgan fingerprint density at radius 3 is 2.93 bits per heavy atom.